The van der Waals surface area contributed by atoms with Crippen LogP contribution in [0.4, 0.5) is 0 Å². The van der Waals surface area contributed by atoms with E-state index in [2.05, 4.69) is 16.5 Å². The third-order valence-electron chi connectivity index (χ3n) is 8.43. The van der Waals surface area contributed by atoms with E-state index >= 15 is 0 Å². The summed E-state index contributed by atoms with van der Waals surface area (Å²) in [6.07, 6.45) is 10.6. The first-order valence-electron chi connectivity index (χ1n) is 14.8. The van der Waals surface area contributed by atoms with E-state index in [1.807, 2.05) is 55.1 Å². The highest BCUT2D eigenvalue weighted by molar-refractivity contribution is 7.99. The predicted molar refractivity (Wildman–Crippen MR) is 169 cm³/mol. The third kappa shape index (κ3) is 9.05. The van der Waals surface area contributed by atoms with Crippen molar-refractivity contribution >= 4 is 33.5 Å². The summed E-state index contributed by atoms with van der Waals surface area (Å²) in [6.45, 7) is 4.42. The highest BCUT2D eigenvalue weighted by atomic mass is 32.2. The largest absolute Gasteiger partial charge is 0.480 e. The number of amides is 1. The van der Waals surface area contributed by atoms with E-state index in [1.165, 1.54) is 19.3 Å². The summed E-state index contributed by atoms with van der Waals surface area (Å²) in [5.41, 5.74) is 4.05. The number of aliphatic carboxylic acids is 1. The Bertz CT molecular complexity index is 1340. The van der Waals surface area contributed by atoms with Crippen LogP contribution in [0, 0.1) is 6.92 Å². The smallest absolute Gasteiger partial charge is 0.326 e. The van der Waals surface area contributed by atoms with Crippen LogP contribution in [0.15, 0.2) is 42.5 Å². The minimum atomic E-state index is -3.38. The number of hydrogen-bond donors (Lipinski definition) is 2. The van der Waals surface area contributed by atoms with E-state index in [9.17, 15) is 23.1 Å². The quantitative estimate of drug-likeness (QED) is 0.326. The molecular formula is C32H44N2O6S2. The van der Waals surface area contributed by atoms with Gasteiger partial charge in [0.2, 0.25) is 0 Å². The summed E-state index contributed by atoms with van der Waals surface area (Å²) in [6, 6.07) is 12.6. The van der Waals surface area contributed by atoms with Crippen LogP contribution in [0.3, 0.4) is 0 Å². The van der Waals surface area contributed by atoms with Gasteiger partial charge < -0.3 is 15.2 Å². The summed E-state index contributed by atoms with van der Waals surface area (Å²) >= 11 is 1.90. The summed E-state index contributed by atoms with van der Waals surface area (Å²) in [5.74, 6) is -2.13. The number of nitrogens with zero attached hydrogens (tertiary/aromatic N) is 1. The van der Waals surface area contributed by atoms with Gasteiger partial charge in [-0.15, -0.1) is 0 Å². The van der Waals surface area contributed by atoms with E-state index < -0.39 is 27.8 Å². The number of nitrogens with one attached hydrogen (secondary N) is 1. The Morgan fingerprint density at radius 3 is 2.52 bits per heavy atom. The van der Waals surface area contributed by atoms with Gasteiger partial charge in [0.05, 0.1) is 18.5 Å². The highest BCUT2D eigenvalue weighted by Crippen LogP contribution is 2.32. The number of carboxylic acids is 1. The van der Waals surface area contributed by atoms with Crippen molar-refractivity contribution in [2.45, 2.75) is 81.9 Å². The molecule has 1 heterocycles. The van der Waals surface area contributed by atoms with Crippen LogP contribution in [0.2, 0.25) is 0 Å². The summed E-state index contributed by atoms with van der Waals surface area (Å²) in [5, 5.41) is 12.8. The van der Waals surface area contributed by atoms with Gasteiger partial charge in [-0.3, -0.25) is 9.69 Å². The number of carbonyl (C=O) groups is 2. The first-order chi connectivity index (χ1) is 20.0. The molecule has 3 atom stereocenters. The van der Waals surface area contributed by atoms with Crippen LogP contribution < -0.4 is 5.32 Å². The lowest BCUT2D eigenvalue weighted by Gasteiger charge is -2.28. The van der Waals surface area contributed by atoms with Crippen molar-refractivity contribution in [3.63, 3.8) is 0 Å². The second-order valence-corrected chi connectivity index (χ2v) is 15.1. The Morgan fingerprint density at radius 2 is 1.86 bits per heavy atom. The molecule has 2 N–H and O–H groups in total. The Balaban J connectivity index is 1.57. The van der Waals surface area contributed by atoms with Crippen LogP contribution in [0.25, 0.3) is 11.1 Å². The Labute approximate surface area is 254 Å². The van der Waals surface area contributed by atoms with Gasteiger partial charge in [-0.05, 0) is 73.2 Å². The first-order valence-corrected chi connectivity index (χ1v) is 18.2. The molecule has 1 aliphatic carbocycles. The number of hydrogen-bond acceptors (Lipinski definition) is 7. The molecule has 8 nitrogen and oxygen atoms in total. The van der Waals surface area contributed by atoms with Crippen LogP contribution in [0.5, 0.6) is 0 Å². The number of ether oxygens (including phenoxy) is 1. The SMILES string of the molecule is CSC1CC(COC2CCCCC2)N(Cc2ccc(C(=O)NC(CCS(C)(=O)=O)C(=O)O)c(-c3ccccc3C)c2)C1. The molecule has 2 fully saturated rings. The fraction of sp³-hybridized carbons (Fsp3) is 0.562. The second-order valence-electron chi connectivity index (χ2n) is 11.7. The zero-order valence-electron chi connectivity index (χ0n) is 24.9. The number of sulfone groups is 1. The fourth-order valence-electron chi connectivity index (χ4n) is 6.00. The molecule has 1 aliphatic heterocycles. The molecular weight excluding hydrogens is 572 g/mol. The standard InChI is InChI=1S/C32H44N2O6S2/c1-22-9-7-8-12-27(22)29-17-23(13-14-28(29)31(35)33-30(32(36)37)15-16-42(3,38)39)19-34-20-26(41-2)18-24(34)21-40-25-10-5-4-6-11-25/h7-9,12-14,17,24-26,30H,4-6,10-11,15-16,18-21H2,1-3H3,(H,33,35)(H,36,37). The molecule has 1 amide bonds. The maximum Gasteiger partial charge on any atom is 0.326 e. The van der Waals surface area contributed by atoms with E-state index in [-0.39, 0.29) is 12.2 Å². The van der Waals surface area contributed by atoms with E-state index in [0.717, 1.165) is 67.5 Å². The van der Waals surface area contributed by atoms with Crippen LogP contribution in [-0.4, -0.2) is 85.2 Å². The number of carboxylic acid groups (broad SMARTS) is 1. The molecule has 1 saturated heterocycles. The number of rotatable bonds is 13. The summed E-state index contributed by atoms with van der Waals surface area (Å²) in [7, 11) is -3.38. The van der Waals surface area contributed by atoms with Gasteiger partial charge in [0.15, 0.2) is 0 Å². The van der Waals surface area contributed by atoms with Crippen molar-refractivity contribution < 1.29 is 27.9 Å². The van der Waals surface area contributed by atoms with Crippen molar-refractivity contribution in [1.29, 1.82) is 0 Å². The van der Waals surface area contributed by atoms with Gasteiger partial charge in [-0.1, -0.05) is 49.6 Å². The van der Waals surface area contributed by atoms with Crippen molar-refractivity contribution in [3.8, 4) is 11.1 Å². The predicted octanol–water partition coefficient (Wildman–Crippen LogP) is 4.93. The van der Waals surface area contributed by atoms with Crippen LogP contribution >= 0.6 is 11.8 Å². The van der Waals surface area contributed by atoms with Crippen molar-refractivity contribution in [1.82, 2.24) is 10.2 Å². The van der Waals surface area contributed by atoms with Gasteiger partial charge in [-0.2, -0.15) is 11.8 Å². The van der Waals surface area contributed by atoms with E-state index in [4.69, 9.17) is 4.74 Å². The van der Waals surface area contributed by atoms with Gasteiger partial charge in [-0.25, -0.2) is 13.2 Å². The minimum absolute atomic E-state index is 0.201. The maximum absolute atomic E-state index is 13.5. The lowest BCUT2D eigenvalue weighted by atomic mass is 9.93. The zero-order chi connectivity index (χ0) is 30.3. The number of carbonyl (C=O) groups excluding carboxylic acids is 1. The average Bonchev–Trinajstić information content (AvgIpc) is 3.35. The molecule has 42 heavy (non-hydrogen) atoms. The fourth-order valence-corrected chi connectivity index (χ4v) is 7.42. The van der Waals surface area contributed by atoms with Crippen LogP contribution in [-0.2, 0) is 25.9 Å². The number of thioether (sulfide) groups is 1. The van der Waals surface area contributed by atoms with Gasteiger partial charge in [0, 0.05) is 36.2 Å². The first kappa shape index (κ1) is 32.5. The minimum Gasteiger partial charge on any atom is -0.480 e. The lowest BCUT2D eigenvalue weighted by Crippen LogP contribution is -2.42. The molecule has 2 aliphatic rings. The average molecular weight is 617 g/mol. The lowest BCUT2D eigenvalue weighted by molar-refractivity contribution is -0.139. The molecule has 0 bridgehead atoms. The topological polar surface area (TPSA) is 113 Å². The van der Waals surface area contributed by atoms with Gasteiger partial charge >= 0.3 is 5.97 Å². The molecule has 3 unspecified atom stereocenters. The van der Waals surface area contributed by atoms with Crippen molar-refractivity contribution in [2.75, 3.05) is 31.4 Å². The second kappa shape index (κ2) is 14.9. The number of likely N-dealkylation sites (tertiary alicyclic amines) is 1. The third-order valence-corrected chi connectivity index (χ3v) is 10.4. The van der Waals surface area contributed by atoms with Gasteiger partial charge in [0.1, 0.15) is 15.9 Å². The highest BCUT2D eigenvalue weighted by Gasteiger charge is 2.33. The summed E-state index contributed by atoms with van der Waals surface area (Å²) in [4.78, 5) is 27.8. The van der Waals surface area contributed by atoms with Crippen LogP contribution in [0.1, 0.15) is 66.4 Å². The molecule has 0 spiro atoms. The zero-order valence-corrected chi connectivity index (χ0v) is 26.5. The molecule has 0 radical (unpaired) electrons. The Morgan fingerprint density at radius 1 is 1.12 bits per heavy atom. The normalized spacial score (nSPS) is 20.8. The maximum atomic E-state index is 13.5. The van der Waals surface area contributed by atoms with E-state index in [0.29, 0.717) is 23.0 Å². The Hall–Kier alpha value is -2.40. The monoisotopic (exact) mass is 616 g/mol. The summed E-state index contributed by atoms with van der Waals surface area (Å²) < 4.78 is 29.7. The Kier molecular flexibility index (Phi) is 11.5. The molecule has 1 saturated carbocycles. The van der Waals surface area contributed by atoms with Crippen molar-refractivity contribution in [2.24, 2.45) is 0 Å². The van der Waals surface area contributed by atoms with Crippen molar-refractivity contribution in [3.05, 3.63) is 59.2 Å². The molecule has 230 valence electrons. The number of benzene rings is 2. The molecule has 10 heteroatoms. The van der Waals surface area contributed by atoms with E-state index in [1.54, 1.807) is 6.07 Å². The molecule has 2 aromatic rings. The molecule has 4 rings (SSSR count). The molecule has 0 aromatic heterocycles. The van der Waals surface area contributed by atoms with Gasteiger partial charge in [0.25, 0.3) is 5.91 Å². The molecule has 2 aromatic carbocycles. The number of aryl methyl sites for hydroxylation is 1.